The van der Waals surface area contributed by atoms with Crippen molar-refractivity contribution in [1.82, 2.24) is 9.80 Å². The van der Waals surface area contributed by atoms with Crippen LogP contribution in [0, 0.1) is 25.5 Å². The van der Waals surface area contributed by atoms with Gasteiger partial charge < -0.3 is 19.6 Å². The Labute approximate surface area is 182 Å². The number of fused-ring (bicyclic) bond motifs is 10. The molecule has 0 radical (unpaired) electrons. The molecule has 4 nitrogen and oxygen atoms in total. The Hall–Kier alpha value is -2.19. The Bertz CT molecular complexity index is 847. The summed E-state index contributed by atoms with van der Waals surface area (Å²) in [6.07, 6.45) is 8.42. The van der Waals surface area contributed by atoms with Gasteiger partial charge in [-0.3, -0.25) is 0 Å². The van der Waals surface area contributed by atoms with Gasteiger partial charge in [-0.15, -0.1) is 11.4 Å². The first-order valence-electron chi connectivity index (χ1n) is 9.30. The summed E-state index contributed by atoms with van der Waals surface area (Å²) >= 11 is 0. The molecule has 0 unspecified atom stereocenters. The molecular weight excluding hydrogens is 527 g/mol. The summed E-state index contributed by atoms with van der Waals surface area (Å²) in [5.74, 6) is 0. The van der Waals surface area contributed by atoms with Crippen LogP contribution in [0.15, 0.2) is 61.2 Å². The minimum atomic E-state index is -0.196. The molecule has 144 valence electrons. The smallest absolute Gasteiger partial charge is 0.507 e. The van der Waals surface area contributed by atoms with Crippen molar-refractivity contribution in [2.45, 2.75) is 19.3 Å². The van der Waals surface area contributed by atoms with Crippen molar-refractivity contribution in [2.24, 2.45) is 0 Å². The first-order valence-corrected chi connectivity index (χ1v) is 9.30. The first-order chi connectivity index (χ1) is 13.1. The van der Waals surface area contributed by atoms with Gasteiger partial charge in [0.2, 0.25) is 0 Å². The Balaban J connectivity index is 0.00000192. The van der Waals surface area contributed by atoms with E-state index in [0.29, 0.717) is 0 Å². The molecule has 3 heterocycles. The molecule has 2 aromatic rings. The quantitative estimate of drug-likeness (QED) is 0.460. The van der Waals surface area contributed by atoms with Crippen LogP contribution in [0.2, 0.25) is 0 Å². The average molecular weight is 550 g/mol. The number of benzene rings is 2. The number of hydrogen-bond acceptors (Lipinski definition) is 4. The van der Waals surface area contributed by atoms with Gasteiger partial charge in [-0.05, 0) is 30.2 Å². The van der Waals surface area contributed by atoms with Crippen LogP contribution in [0.5, 0.6) is 0 Å². The van der Waals surface area contributed by atoms with Crippen molar-refractivity contribution in [1.29, 1.82) is 0 Å². The van der Waals surface area contributed by atoms with E-state index in [-0.39, 0.29) is 26.5 Å². The van der Waals surface area contributed by atoms with Crippen LogP contribution < -0.4 is 9.80 Å². The normalized spacial score (nSPS) is 19.4. The number of hydrogen-bond donors (Lipinski definition) is 0. The first kappa shape index (κ1) is 19.1. The second kappa shape index (κ2) is 7.33. The number of anilines is 2. The summed E-state index contributed by atoms with van der Waals surface area (Å²) in [4.78, 5) is 8.69. The molecular formula is C23H22N4Pt. The average Bonchev–Trinajstić information content (AvgIpc) is 3.36. The minimum absolute atomic E-state index is 0. The summed E-state index contributed by atoms with van der Waals surface area (Å²) in [5.41, 5.74) is 4.24. The van der Waals surface area contributed by atoms with Crippen molar-refractivity contribution >= 4 is 11.4 Å². The molecule has 0 N–H and O–H groups in total. The van der Waals surface area contributed by atoms with E-state index in [1.165, 1.54) is 0 Å². The Morgan fingerprint density at radius 2 is 1.21 bits per heavy atom. The molecule has 0 fully saturated rings. The topological polar surface area (TPSA) is 13.0 Å². The van der Waals surface area contributed by atoms with Gasteiger partial charge in [0.05, 0.1) is 0 Å². The van der Waals surface area contributed by atoms with E-state index in [1.54, 1.807) is 0 Å². The maximum Gasteiger partial charge on any atom is 4.00 e. The van der Waals surface area contributed by atoms with Crippen LogP contribution in [0.3, 0.4) is 0 Å². The van der Waals surface area contributed by atoms with E-state index in [4.69, 9.17) is 0 Å². The third-order valence-corrected chi connectivity index (χ3v) is 5.46. The molecule has 8 bridgehead atoms. The fourth-order valence-electron chi connectivity index (χ4n) is 3.66. The van der Waals surface area contributed by atoms with Crippen LogP contribution in [0.4, 0.5) is 11.4 Å². The largest absolute Gasteiger partial charge is 4.00 e. The van der Waals surface area contributed by atoms with Crippen molar-refractivity contribution in [3.63, 3.8) is 0 Å². The molecule has 0 spiro atoms. The molecule has 28 heavy (non-hydrogen) atoms. The molecule has 3 aliphatic heterocycles. The zero-order valence-electron chi connectivity index (χ0n) is 15.9. The van der Waals surface area contributed by atoms with Crippen molar-refractivity contribution < 1.29 is 21.1 Å². The van der Waals surface area contributed by atoms with E-state index < -0.39 is 0 Å². The maximum atomic E-state index is 3.63. The summed E-state index contributed by atoms with van der Waals surface area (Å²) in [5, 5.41) is 0. The monoisotopic (exact) mass is 549 g/mol. The molecule has 0 saturated heterocycles. The van der Waals surface area contributed by atoms with Gasteiger partial charge in [-0.1, -0.05) is 13.8 Å². The van der Waals surface area contributed by atoms with Crippen LogP contribution in [-0.2, 0) is 26.5 Å². The summed E-state index contributed by atoms with van der Waals surface area (Å²) < 4.78 is 0. The number of rotatable bonds is 0. The number of nitrogens with zero attached hydrogens (tertiary/aromatic N) is 4. The second-order valence-electron chi connectivity index (χ2n) is 7.64. The Morgan fingerprint density at radius 1 is 0.750 bits per heavy atom. The Morgan fingerprint density at radius 3 is 1.68 bits per heavy atom. The van der Waals surface area contributed by atoms with Crippen LogP contribution in [-0.4, -0.2) is 22.9 Å². The van der Waals surface area contributed by atoms with E-state index in [9.17, 15) is 0 Å². The molecule has 0 aliphatic carbocycles. The second-order valence-corrected chi connectivity index (χ2v) is 7.64. The minimum Gasteiger partial charge on any atom is -0.507 e. The van der Waals surface area contributed by atoms with Gasteiger partial charge in [-0.25, -0.2) is 0 Å². The van der Waals surface area contributed by atoms with Gasteiger partial charge in [0.1, 0.15) is 0 Å². The fraction of sp³-hybridized carbons (Fsp3) is 0.217. The molecule has 3 aliphatic rings. The van der Waals surface area contributed by atoms with Crippen LogP contribution in [0.1, 0.15) is 25.0 Å². The third-order valence-electron chi connectivity index (χ3n) is 5.46. The van der Waals surface area contributed by atoms with Gasteiger partial charge in [-0.2, -0.15) is 73.0 Å². The fourth-order valence-corrected chi connectivity index (χ4v) is 3.66. The summed E-state index contributed by atoms with van der Waals surface area (Å²) in [6.45, 7) is 10.6. The molecule has 0 aromatic heterocycles. The van der Waals surface area contributed by atoms with Gasteiger partial charge in [0, 0.05) is 13.1 Å². The SMILES string of the molecule is CC1(C)c2[c-]c(ccc2)N2C=CN([CH-]2)CCN2C=CN([CH-]2)c2[c-]c1ccc2.[Pt+4]. The van der Waals surface area contributed by atoms with Crippen molar-refractivity contribution in [2.75, 3.05) is 22.9 Å². The predicted octanol–water partition coefficient (Wildman–Crippen LogP) is 4.05. The van der Waals surface area contributed by atoms with Crippen molar-refractivity contribution in [3.8, 4) is 0 Å². The molecule has 0 amide bonds. The van der Waals surface area contributed by atoms with Crippen LogP contribution >= 0.6 is 0 Å². The maximum absolute atomic E-state index is 3.63. The standard InChI is InChI=1S/C23H22N4.Pt/c1-23(2)19-5-3-7-21(15-19)26-13-11-24(17-26)9-10-25-12-14-27(18-25)22-8-4-6-20(23)16-22;/h3-8,11-14,17-18H,9-10H2,1-2H3;/q-4;+4. The summed E-state index contributed by atoms with van der Waals surface area (Å²) in [7, 11) is 0. The van der Waals surface area contributed by atoms with E-state index in [0.717, 1.165) is 35.6 Å². The molecule has 2 aromatic carbocycles. The predicted molar refractivity (Wildman–Crippen MR) is 108 cm³/mol. The Kier molecular flexibility index (Phi) is 5.01. The molecule has 0 saturated carbocycles. The van der Waals surface area contributed by atoms with E-state index >= 15 is 0 Å². The van der Waals surface area contributed by atoms with Crippen LogP contribution in [0.25, 0.3) is 0 Å². The third kappa shape index (κ3) is 3.35. The zero-order chi connectivity index (χ0) is 18.4. The van der Waals surface area contributed by atoms with Gasteiger partial charge >= 0.3 is 21.1 Å². The van der Waals surface area contributed by atoms with Crippen molar-refractivity contribution in [3.05, 3.63) is 97.8 Å². The van der Waals surface area contributed by atoms with Gasteiger partial charge in [0.15, 0.2) is 0 Å². The molecule has 5 rings (SSSR count). The zero-order valence-corrected chi connectivity index (χ0v) is 18.2. The summed E-state index contributed by atoms with van der Waals surface area (Å²) in [6, 6.07) is 20.0. The van der Waals surface area contributed by atoms with E-state index in [2.05, 4.69) is 120 Å². The molecule has 0 atom stereocenters. The van der Waals surface area contributed by atoms with Gasteiger partial charge in [0.25, 0.3) is 0 Å². The molecule has 5 heteroatoms. The van der Waals surface area contributed by atoms with E-state index in [1.807, 2.05) is 0 Å².